The van der Waals surface area contributed by atoms with Crippen molar-refractivity contribution in [3.63, 3.8) is 0 Å². The van der Waals surface area contributed by atoms with Gasteiger partial charge in [-0.3, -0.25) is 9.36 Å². The molecule has 0 unspecified atom stereocenters. The Balaban J connectivity index is 2.33. The molecule has 17 heavy (non-hydrogen) atoms. The number of imidazole rings is 1. The second kappa shape index (κ2) is 3.80. The summed E-state index contributed by atoms with van der Waals surface area (Å²) < 4.78 is 1.55. The summed E-state index contributed by atoms with van der Waals surface area (Å²) in [4.78, 5) is 25.2. The largest absolute Gasteiger partial charge is 0.381 e. The second-order valence-electron chi connectivity index (χ2n) is 5.02. The van der Waals surface area contributed by atoms with Crippen LogP contribution in [-0.2, 0) is 4.79 Å². The van der Waals surface area contributed by atoms with E-state index < -0.39 is 4.92 Å². The van der Waals surface area contributed by atoms with Crippen LogP contribution in [0.15, 0.2) is 18.6 Å². The van der Waals surface area contributed by atoms with E-state index in [0.717, 1.165) is 5.70 Å². The third-order valence-electron chi connectivity index (χ3n) is 2.73. The van der Waals surface area contributed by atoms with Crippen LogP contribution in [-0.4, -0.2) is 20.3 Å². The first-order valence-corrected chi connectivity index (χ1v) is 5.29. The summed E-state index contributed by atoms with van der Waals surface area (Å²) >= 11 is 0. The first-order valence-electron chi connectivity index (χ1n) is 5.29. The van der Waals surface area contributed by atoms with E-state index in [1.165, 1.54) is 18.6 Å². The Labute approximate surface area is 98.1 Å². The molecule has 0 fully saturated rings. The summed E-state index contributed by atoms with van der Waals surface area (Å²) in [7, 11) is 0. The van der Waals surface area contributed by atoms with Crippen molar-refractivity contribution < 1.29 is 9.72 Å². The summed E-state index contributed by atoms with van der Waals surface area (Å²) in [5, 5.41) is 10.5. The van der Waals surface area contributed by atoms with Crippen LogP contribution in [0.4, 0.5) is 5.82 Å². The summed E-state index contributed by atoms with van der Waals surface area (Å²) in [6.45, 7) is 4.01. The van der Waals surface area contributed by atoms with Gasteiger partial charge >= 0.3 is 5.82 Å². The number of nitro groups is 1. The van der Waals surface area contributed by atoms with Crippen LogP contribution in [0.2, 0.25) is 0 Å². The highest BCUT2D eigenvalue weighted by Crippen LogP contribution is 2.35. The molecule has 0 radical (unpaired) electrons. The molecule has 0 saturated carbocycles. The highest BCUT2D eigenvalue weighted by molar-refractivity contribution is 5.96. The molecule has 0 saturated heterocycles. The Kier molecular flexibility index (Phi) is 2.57. The van der Waals surface area contributed by atoms with Gasteiger partial charge in [0.25, 0.3) is 0 Å². The number of nitrogens with zero attached hydrogens (tertiary/aromatic N) is 3. The number of allylic oxidation sites excluding steroid dienone is 2. The van der Waals surface area contributed by atoms with Crippen molar-refractivity contribution in [2.24, 2.45) is 5.41 Å². The number of carbonyl (C=O) groups is 1. The van der Waals surface area contributed by atoms with Gasteiger partial charge in [-0.1, -0.05) is 13.8 Å². The lowest BCUT2D eigenvalue weighted by Crippen LogP contribution is -2.22. The lowest BCUT2D eigenvalue weighted by Gasteiger charge is -2.28. The molecular weight excluding hydrogens is 222 g/mol. The first kappa shape index (κ1) is 11.5. The van der Waals surface area contributed by atoms with Crippen molar-refractivity contribution in [3.8, 4) is 0 Å². The van der Waals surface area contributed by atoms with Gasteiger partial charge in [0.05, 0.1) is 0 Å². The van der Waals surface area contributed by atoms with Gasteiger partial charge in [0, 0.05) is 18.2 Å². The molecular formula is C11H13N3O3. The van der Waals surface area contributed by atoms with Gasteiger partial charge < -0.3 is 10.1 Å². The highest BCUT2D eigenvalue weighted by Gasteiger charge is 2.29. The number of aromatic nitrogens is 2. The molecule has 1 aliphatic rings. The monoisotopic (exact) mass is 235 g/mol. The Morgan fingerprint density at radius 3 is 2.71 bits per heavy atom. The van der Waals surface area contributed by atoms with Crippen molar-refractivity contribution in [1.82, 2.24) is 9.55 Å². The Morgan fingerprint density at radius 2 is 2.18 bits per heavy atom. The lowest BCUT2D eigenvalue weighted by atomic mass is 9.79. The average molecular weight is 235 g/mol. The van der Waals surface area contributed by atoms with Crippen molar-refractivity contribution in [2.45, 2.75) is 26.7 Å². The maximum Gasteiger partial charge on any atom is 0.381 e. The van der Waals surface area contributed by atoms with Crippen molar-refractivity contribution in [1.29, 1.82) is 0 Å². The van der Waals surface area contributed by atoms with Gasteiger partial charge in [0.2, 0.25) is 6.33 Å². The lowest BCUT2D eigenvalue weighted by molar-refractivity contribution is -0.389. The predicted molar refractivity (Wildman–Crippen MR) is 61.2 cm³/mol. The number of carbonyl (C=O) groups excluding carboxylic acids is 1. The van der Waals surface area contributed by atoms with E-state index in [-0.39, 0.29) is 17.0 Å². The molecule has 0 spiro atoms. The maximum absolute atomic E-state index is 11.6. The number of hydrogen-bond acceptors (Lipinski definition) is 4. The van der Waals surface area contributed by atoms with E-state index >= 15 is 0 Å². The Morgan fingerprint density at radius 1 is 1.47 bits per heavy atom. The first-order chi connectivity index (χ1) is 7.87. The quantitative estimate of drug-likeness (QED) is 0.580. The van der Waals surface area contributed by atoms with Gasteiger partial charge in [0.1, 0.15) is 6.20 Å². The van der Waals surface area contributed by atoms with Crippen LogP contribution >= 0.6 is 0 Å². The molecule has 6 nitrogen and oxygen atoms in total. The molecule has 0 amide bonds. The fourth-order valence-electron chi connectivity index (χ4n) is 2.04. The third kappa shape index (κ3) is 2.41. The maximum atomic E-state index is 11.6. The Bertz CT molecular complexity index is 514. The van der Waals surface area contributed by atoms with Gasteiger partial charge in [-0.05, 0) is 21.7 Å². The fraction of sp³-hybridized carbons (Fsp3) is 0.455. The molecule has 1 aromatic heterocycles. The van der Waals surface area contributed by atoms with Crippen LogP contribution in [0.3, 0.4) is 0 Å². The molecule has 2 rings (SSSR count). The fourth-order valence-corrected chi connectivity index (χ4v) is 2.04. The van der Waals surface area contributed by atoms with E-state index in [1.807, 2.05) is 13.8 Å². The van der Waals surface area contributed by atoms with Gasteiger partial charge in [-0.25, -0.2) is 0 Å². The molecule has 0 aliphatic heterocycles. The minimum atomic E-state index is -0.549. The smallest absolute Gasteiger partial charge is 0.358 e. The minimum Gasteiger partial charge on any atom is -0.358 e. The van der Waals surface area contributed by atoms with E-state index in [1.54, 1.807) is 4.57 Å². The summed E-state index contributed by atoms with van der Waals surface area (Å²) in [6.07, 6.45) is 5.45. The molecule has 0 N–H and O–H groups in total. The Hall–Kier alpha value is -1.98. The number of rotatable bonds is 2. The van der Waals surface area contributed by atoms with Crippen molar-refractivity contribution in [2.75, 3.05) is 0 Å². The summed E-state index contributed by atoms with van der Waals surface area (Å²) in [6, 6.07) is 0. The van der Waals surface area contributed by atoms with Crippen molar-refractivity contribution in [3.05, 3.63) is 28.7 Å². The van der Waals surface area contributed by atoms with E-state index in [0.29, 0.717) is 12.8 Å². The molecule has 90 valence electrons. The molecule has 1 heterocycles. The molecule has 6 heteroatoms. The minimum absolute atomic E-state index is 0.0487. The van der Waals surface area contributed by atoms with Crippen LogP contribution in [0.1, 0.15) is 26.7 Å². The van der Waals surface area contributed by atoms with E-state index in [9.17, 15) is 14.9 Å². The SMILES string of the molecule is CC1(C)CC(=O)C=C(n2cnc([N+](=O)[O-])c2)C1. The molecule has 1 aliphatic carbocycles. The normalized spacial score (nSPS) is 18.9. The molecule has 0 atom stereocenters. The van der Waals surface area contributed by atoms with Gasteiger partial charge in [-0.2, -0.15) is 0 Å². The highest BCUT2D eigenvalue weighted by atomic mass is 16.6. The zero-order valence-corrected chi connectivity index (χ0v) is 9.71. The molecule has 1 aromatic rings. The zero-order chi connectivity index (χ0) is 12.6. The summed E-state index contributed by atoms with van der Waals surface area (Å²) in [5.74, 6) is -0.158. The van der Waals surface area contributed by atoms with E-state index in [4.69, 9.17) is 0 Å². The standard InChI is InChI=1S/C11H13N3O3/c1-11(2)4-8(3-9(15)5-11)13-6-10(12-7-13)14(16)17/h3,6-7H,4-5H2,1-2H3. The van der Waals surface area contributed by atoms with Gasteiger partial charge in [0.15, 0.2) is 5.78 Å². The number of ketones is 1. The zero-order valence-electron chi connectivity index (χ0n) is 9.71. The average Bonchev–Trinajstić information content (AvgIpc) is 2.62. The van der Waals surface area contributed by atoms with Crippen LogP contribution in [0, 0.1) is 15.5 Å². The van der Waals surface area contributed by atoms with E-state index in [2.05, 4.69) is 4.98 Å². The molecule has 0 bridgehead atoms. The van der Waals surface area contributed by atoms with Crippen LogP contribution in [0.25, 0.3) is 5.70 Å². The van der Waals surface area contributed by atoms with Crippen molar-refractivity contribution >= 4 is 17.3 Å². The van der Waals surface area contributed by atoms with Crippen LogP contribution in [0.5, 0.6) is 0 Å². The van der Waals surface area contributed by atoms with Crippen LogP contribution < -0.4 is 0 Å². The second-order valence-corrected chi connectivity index (χ2v) is 5.02. The molecule has 0 aromatic carbocycles. The number of hydrogen-bond donors (Lipinski definition) is 0. The topological polar surface area (TPSA) is 78.0 Å². The van der Waals surface area contributed by atoms with Gasteiger partial charge in [-0.15, -0.1) is 0 Å². The predicted octanol–water partition coefficient (Wildman–Crippen LogP) is 2.02. The third-order valence-corrected chi connectivity index (χ3v) is 2.73. The summed E-state index contributed by atoms with van der Waals surface area (Å²) in [5.41, 5.74) is 0.645.